The maximum Gasteiger partial charge on any atom is 0.168 e. The van der Waals surface area contributed by atoms with Crippen LogP contribution < -0.4 is 0 Å². The molecule has 0 N–H and O–H groups in total. The van der Waals surface area contributed by atoms with Gasteiger partial charge in [-0.15, -0.1) is 0 Å². The molecule has 0 amide bonds. The first-order chi connectivity index (χ1) is 8.59. The lowest BCUT2D eigenvalue weighted by atomic mass is 9.71. The second-order valence-electron chi connectivity index (χ2n) is 5.89. The van der Waals surface area contributed by atoms with E-state index in [-0.39, 0.29) is 5.92 Å². The summed E-state index contributed by atoms with van der Waals surface area (Å²) in [6.45, 7) is 5.29. The van der Waals surface area contributed by atoms with Crippen LogP contribution in [0.15, 0.2) is 12.3 Å². The number of hydrogen-bond donors (Lipinski definition) is 0. The van der Waals surface area contributed by atoms with Crippen molar-refractivity contribution in [2.75, 3.05) is 0 Å². The summed E-state index contributed by atoms with van der Waals surface area (Å²) >= 11 is 0. The lowest BCUT2D eigenvalue weighted by molar-refractivity contribution is -0.0652. The Balaban J connectivity index is 1.94. The summed E-state index contributed by atoms with van der Waals surface area (Å²) < 4.78 is 33.6. The zero-order valence-corrected chi connectivity index (χ0v) is 11.2. The molecule has 0 aromatic rings. The lowest BCUT2D eigenvalue weighted by Gasteiger charge is -2.40. The molecule has 0 heterocycles. The van der Waals surface area contributed by atoms with E-state index in [0.29, 0.717) is 18.1 Å². The summed E-state index contributed by atoms with van der Waals surface area (Å²) in [4.78, 5) is 0. The van der Waals surface area contributed by atoms with Crippen molar-refractivity contribution in [1.29, 1.82) is 0 Å². The molecule has 4 unspecified atom stereocenters. The first-order valence-electron chi connectivity index (χ1n) is 7.20. The van der Waals surface area contributed by atoms with Crippen molar-refractivity contribution in [3.8, 4) is 0 Å². The average Bonchev–Trinajstić information content (AvgIpc) is 2.36. The Hall–Kier alpha value is -0.600. The van der Waals surface area contributed by atoms with Crippen LogP contribution in [0, 0.1) is 11.8 Å². The van der Waals surface area contributed by atoms with Gasteiger partial charge in [-0.25, -0.2) is 8.78 Å². The van der Waals surface area contributed by atoms with Gasteiger partial charge < -0.3 is 4.74 Å². The van der Waals surface area contributed by atoms with Crippen molar-refractivity contribution in [1.82, 2.24) is 0 Å². The van der Waals surface area contributed by atoms with Crippen LogP contribution in [0.5, 0.6) is 0 Å². The molecule has 0 aromatic heterocycles. The van der Waals surface area contributed by atoms with E-state index in [1.165, 1.54) is 19.3 Å². The molecule has 18 heavy (non-hydrogen) atoms. The summed E-state index contributed by atoms with van der Waals surface area (Å²) in [5, 5.41) is 0. The Morgan fingerprint density at radius 2 is 1.67 bits per heavy atom. The summed E-state index contributed by atoms with van der Waals surface area (Å²) in [6.07, 6.45) is 3.66. The molecule has 104 valence electrons. The van der Waals surface area contributed by atoms with E-state index < -0.39 is 18.4 Å². The van der Waals surface area contributed by atoms with E-state index in [1.807, 2.05) is 0 Å². The van der Waals surface area contributed by atoms with Crippen LogP contribution in [0.25, 0.3) is 0 Å². The number of hydrogen-bond acceptors (Lipinski definition) is 1. The van der Waals surface area contributed by atoms with E-state index >= 15 is 0 Å². The quantitative estimate of drug-likeness (QED) is 0.674. The molecule has 4 atom stereocenters. The second kappa shape index (κ2) is 6.03. The van der Waals surface area contributed by atoms with Crippen LogP contribution in [0.2, 0.25) is 0 Å². The van der Waals surface area contributed by atoms with Gasteiger partial charge >= 0.3 is 0 Å². The van der Waals surface area contributed by atoms with Crippen LogP contribution in [0.4, 0.5) is 8.78 Å². The van der Waals surface area contributed by atoms with Crippen LogP contribution in [-0.2, 0) is 4.74 Å². The van der Waals surface area contributed by atoms with Crippen molar-refractivity contribution >= 4 is 0 Å². The molecule has 0 radical (unpaired) electrons. The van der Waals surface area contributed by atoms with Gasteiger partial charge in [-0.2, -0.15) is 0 Å². The molecule has 2 fully saturated rings. The molecule has 0 spiro atoms. The zero-order chi connectivity index (χ0) is 13.1. The highest BCUT2D eigenvalue weighted by molar-refractivity contribution is 4.94. The maximum absolute atomic E-state index is 14.2. The Kier molecular flexibility index (Phi) is 4.63. The van der Waals surface area contributed by atoms with Gasteiger partial charge in [0, 0.05) is 0 Å². The Labute approximate surface area is 109 Å². The molecule has 2 aliphatic rings. The van der Waals surface area contributed by atoms with E-state index in [9.17, 15) is 8.78 Å². The number of ether oxygens (including phenoxy) is 1. The molecule has 0 bridgehead atoms. The van der Waals surface area contributed by atoms with Crippen molar-refractivity contribution in [2.45, 2.75) is 70.3 Å². The maximum atomic E-state index is 14.2. The molecule has 0 aliphatic heterocycles. The minimum absolute atomic E-state index is 0.0923. The molecule has 2 aliphatic carbocycles. The largest absolute Gasteiger partial charge is 0.493 e. The highest BCUT2D eigenvalue weighted by Crippen LogP contribution is 2.41. The standard InChI is InChI=1S/C15H24F2O/c1-10(2)18-13-9-8-12(14(16)15(13)17)11-6-4-3-5-7-11/h11-15H,1,3-9H2,2H3. The first-order valence-corrected chi connectivity index (χ1v) is 7.20. The third-order valence-corrected chi connectivity index (χ3v) is 4.46. The molecule has 3 heteroatoms. The Bertz CT molecular complexity index is 286. The molecule has 0 saturated heterocycles. The van der Waals surface area contributed by atoms with Gasteiger partial charge in [0.15, 0.2) is 6.17 Å². The lowest BCUT2D eigenvalue weighted by Crippen LogP contribution is -2.45. The third-order valence-electron chi connectivity index (χ3n) is 4.46. The Morgan fingerprint density at radius 1 is 1.00 bits per heavy atom. The molecule has 0 aromatic carbocycles. The zero-order valence-electron chi connectivity index (χ0n) is 11.2. The van der Waals surface area contributed by atoms with Crippen molar-refractivity contribution in [2.24, 2.45) is 11.8 Å². The van der Waals surface area contributed by atoms with Gasteiger partial charge in [0.25, 0.3) is 0 Å². The van der Waals surface area contributed by atoms with Gasteiger partial charge in [0.2, 0.25) is 0 Å². The third kappa shape index (κ3) is 3.04. The summed E-state index contributed by atoms with van der Waals surface area (Å²) in [5.41, 5.74) is 0. The highest BCUT2D eigenvalue weighted by atomic mass is 19.2. The van der Waals surface area contributed by atoms with Crippen molar-refractivity contribution in [3.63, 3.8) is 0 Å². The van der Waals surface area contributed by atoms with E-state index in [0.717, 1.165) is 19.3 Å². The fourth-order valence-electron chi connectivity index (χ4n) is 3.56. The van der Waals surface area contributed by atoms with Gasteiger partial charge in [-0.1, -0.05) is 38.7 Å². The SMILES string of the molecule is C=C(C)OC1CCC(C2CCCCC2)C(F)C1F. The number of allylic oxidation sites excluding steroid dienone is 1. The summed E-state index contributed by atoms with van der Waals surface area (Å²) in [5.74, 6) is 0.772. The Morgan fingerprint density at radius 3 is 2.28 bits per heavy atom. The minimum Gasteiger partial charge on any atom is -0.493 e. The first kappa shape index (κ1) is 13.8. The molecule has 2 rings (SSSR count). The minimum atomic E-state index is -1.48. The van der Waals surface area contributed by atoms with Crippen LogP contribution >= 0.6 is 0 Å². The van der Waals surface area contributed by atoms with Gasteiger partial charge in [0.1, 0.15) is 12.3 Å². The number of rotatable bonds is 3. The normalized spacial score (nSPS) is 38.4. The highest BCUT2D eigenvalue weighted by Gasteiger charge is 2.44. The fourth-order valence-corrected chi connectivity index (χ4v) is 3.56. The van der Waals surface area contributed by atoms with Crippen LogP contribution in [0.1, 0.15) is 51.9 Å². The van der Waals surface area contributed by atoms with Gasteiger partial charge in [0.05, 0.1) is 5.76 Å². The monoisotopic (exact) mass is 258 g/mol. The van der Waals surface area contributed by atoms with Crippen LogP contribution in [-0.4, -0.2) is 18.4 Å². The molecule has 2 saturated carbocycles. The van der Waals surface area contributed by atoms with Gasteiger partial charge in [-0.05, 0) is 31.6 Å². The smallest absolute Gasteiger partial charge is 0.168 e. The topological polar surface area (TPSA) is 9.23 Å². The van der Waals surface area contributed by atoms with Gasteiger partial charge in [-0.3, -0.25) is 0 Å². The number of alkyl halides is 2. The molecular weight excluding hydrogens is 234 g/mol. The number of halogens is 2. The van der Waals surface area contributed by atoms with Crippen molar-refractivity contribution < 1.29 is 13.5 Å². The predicted molar refractivity (Wildman–Crippen MR) is 68.8 cm³/mol. The van der Waals surface area contributed by atoms with Crippen LogP contribution in [0.3, 0.4) is 0 Å². The van der Waals surface area contributed by atoms with Crippen molar-refractivity contribution in [3.05, 3.63) is 12.3 Å². The average molecular weight is 258 g/mol. The van der Waals surface area contributed by atoms with E-state index in [4.69, 9.17) is 4.74 Å². The predicted octanol–water partition coefficient (Wildman–Crippen LogP) is 4.57. The van der Waals surface area contributed by atoms with E-state index in [2.05, 4.69) is 6.58 Å². The summed E-state index contributed by atoms with van der Waals surface area (Å²) in [6, 6.07) is 0. The fraction of sp³-hybridized carbons (Fsp3) is 0.867. The second-order valence-corrected chi connectivity index (χ2v) is 5.89. The summed E-state index contributed by atoms with van der Waals surface area (Å²) in [7, 11) is 0. The van der Waals surface area contributed by atoms with E-state index in [1.54, 1.807) is 6.92 Å². The molecule has 1 nitrogen and oxygen atoms in total. The molecular formula is C15H24F2O.